The summed E-state index contributed by atoms with van der Waals surface area (Å²) in [7, 11) is 0. The van der Waals surface area contributed by atoms with Crippen LogP contribution in [0.2, 0.25) is 0 Å². The Hall–Kier alpha value is -4.14. The highest BCUT2D eigenvalue weighted by Gasteiger charge is 2.27. The van der Waals surface area contributed by atoms with Gasteiger partial charge in [-0.25, -0.2) is 13.8 Å². The highest BCUT2D eigenvalue weighted by molar-refractivity contribution is 7.78. The van der Waals surface area contributed by atoms with E-state index in [-0.39, 0.29) is 6.10 Å². The van der Waals surface area contributed by atoms with Gasteiger partial charge in [0.2, 0.25) is 0 Å². The number of nitriles is 1. The maximum absolute atomic E-state index is 13.6. The fraction of sp³-hybridized carbons (Fsp3) is 0.276. The van der Waals surface area contributed by atoms with Crippen molar-refractivity contribution in [3.05, 3.63) is 71.9 Å². The van der Waals surface area contributed by atoms with Crippen molar-refractivity contribution in [3.8, 4) is 22.9 Å². The van der Waals surface area contributed by atoms with Crippen LogP contribution in [-0.4, -0.2) is 44.1 Å². The number of alkyl halides is 2. The molecule has 2 N–H and O–H groups in total. The number of aryl methyl sites for hydroxylation is 1. The van der Waals surface area contributed by atoms with Crippen molar-refractivity contribution in [2.24, 2.45) is 0 Å². The number of nitrogens with two attached hydrogens (primary N) is 1. The van der Waals surface area contributed by atoms with Gasteiger partial charge < -0.3 is 19.9 Å². The number of benzene rings is 3. The van der Waals surface area contributed by atoms with Gasteiger partial charge in [-0.15, -0.1) is 0 Å². The molecule has 3 aromatic carbocycles. The lowest BCUT2D eigenvalue weighted by molar-refractivity contribution is 0.158. The molecule has 8 nitrogen and oxygen atoms in total. The average molecular weight is 565 g/mol. The summed E-state index contributed by atoms with van der Waals surface area (Å²) in [6.45, 7) is 1.47. The van der Waals surface area contributed by atoms with Gasteiger partial charge in [-0.05, 0) is 78.6 Å². The van der Waals surface area contributed by atoms with Crippen LogP contribution in [0, 0.1) is 11.3 Å². The minimum Gasteiger partial charge on any atom is -0.773 e. The van der Waals surface area contributed by atoms with Crippen LogP contribution in [0.15, 0.2) is 60.8 Å². The van der Waals surface area contributed by atoms with Crippen LogP contribution in [0.4, 0.5) is 26.0 Å². The molecule has 1 aromatic heterocycles. The normalized spacial score (nSPS) is 13.3. The van der Waals surface area contributed by atoms with Crippen LogP contribution in [0.1, 0.15) is 30.9 Å². The van der Waals surface area contributed by atoms with Crippen LogP contribution in [-0.2, 0) is 17.5 Å². The smallest absolute Gasteiger partial charge is 0.256 e. The molecule has 208 valence electrons. The van der Waals surface area contributed by atoms with E-state index in [1.165, 1.54) is 6.20 Å². The second-order valence-corrected chi connectivity index (χ2v) is 10.0. The number of hydrogen-bond acceptors (Lipinski definition) is 8. The molecule has 0 amide bonds. The average Bonchev–Trinajstić information content (AvgIpc) is 3.75. The minimum atomic E-state index is -2.56. The fourth-order valence-corrected chi connectivity index (χ4v) is 4.20. The summed E-state index contributed by atoms with van der Waals surface area (Å²) in [5, 5.41) is 9.77. The van der Waals surface area contributed by atoms with E-state index in [9.17, 15) is 14.0 Å². The van der Waals surface area contributed by atoms with Crippen LogP contribution in [0.25, 0.3) is 22.2 Å². The molecular formula is C29H28F2N5O3S-. The van der Waals surface area contributed by atoms with Gasteiger partial charge in [-0.3, -0.25) is 9.19 Å². The summed E-state index contributed by atoms with van der Waals surface area (Å²) in [5.41, 5.74) is 11.3. The van der Waals surface area contributed by atoms with Crippen LogP contribution < -0.4 is 15.4 Å². The quantitative estimate of drug-likeness (QED) is 0.268. The Labute approximate surface area is 233 Å². The van der Waals surface area contributed by atoms with Gasteiger partial charge in [-0.2, -0.15) is 5.26 Å². The predicted molar refractivity (Wildman–Crippen MR) is 151 cm³/mol. The van der Waals surface area contributed by atoms with Gasteiger partial charge in [0.05, 0.1) is 35.4 Å². The van der Waals surface area contributed by atoms with E-state index in [4.69, 9.17) is 19.2 Å². The summed E-state index contributed by atoms with van der Waals surface area (Å²) in [6.07, 6.45) is 2.74. The number of aromatic nitrogens is 2. The molecule has 4 aromatic rings. The first kappa shape index (κ1) is 28.9. The monoisotopic (exact) mass is 564 g/mol. The molecule has 1 aliphatic carbocycles. The summed E-state index contributed by atoms with van der Waals surface area (Å²) < 4.78 is 51.3. The molecule has 0 radical (unpaired) electrons. The predicted octanol–water partition coefficient (Wildman–Crippen LogP) is 5.75. The second kappa shape index (κ2) is 12.8. The Kier molecular flexibility index (Phi) is 9.24. The number of anilines is 3. The van der Waals surface area contributed by atoms with Crippen LogP contribution in [0.3, 0.4) is 0 Å². The van der Waals surface area contributed by atoms with E-state index in [1.54, 1.807) is 11.0 Å². The molecule has 40 heavy (non-hydrogen) atoms. The Bertz CT molecular complexity index is 1550. The number of rotatable bonds is 8. The topological polar surface area (TPSA) is 128 Å². The van der Waals surface area contributed by atoms with E-state index in [0.29, 0.717) is 40.4 Å². The SMILES string of the molecule is CCc1cc(N(CC(F)F)c2ccc(-c3ccc4nc(N)cnc4c3)cc2)cc(C#N)c1OC1CC1.CS(=O)[O-]. The molecule has 11 heteroatoms. The number of halogens is 2. The number of ether oxygens (including phenoxy) is 1. The zero-order chi connectivity index (χ0) is 28.8. The lowest BCUT2D eigenvalue weighted by Gasteiger charge is -2.26. The van der Waals surface area contributed by atoms with Crippen LogP contribution >= 0.6 is 0 Å². The largest absolute Gasteiger partial charge is 0.773 e. The Morgan fingerprint density at radius 1 is 1.12 bits per heavy atom. The van der Waals surface area contributed by atoms with Crippen molar-refractivity contribution < 1.29 is 22.3 Å². The minimum absolute atomic E-state index is 0.136. The number of hydrogen-bond donors (Lipinski definition) is 1. The zero-order valence-corrected chi connectivity index (χ0v) is 22.8. The van der Waals surface area contributed by atoms with Gasteiger partial charge in [0.1, 0.15) is 17.6 Å². The molecule has 0 spiro atoms. The molecule has 0 bridgehead atoms. The standard InChI is InChI=1S/C28H25F2N5O.CH4O2S/c1-2-17-11-22(12-20(14-31)28(17)36-23-8-9-23)35(16-26(29)30)21-6-3-18(4-7-21)19-5-10-24-25(13-19)33-15-27(32)34-24;1-4(2)3/h3-7,10-13,15,23,26H,2,8-9,16H2,1H3,(H2,32,34);1H3,(H,2,3)/p-1. The van der Waals surface area contributed by atoms with Gasteiger partial charge in [0.25, 0.3) is 6.43 Å². The lowest BCUT2D eigenvalue weighted by Crippen LogP contribution is -2.24. The van der Waals surface area contributed by atoms with Gasteiger partial charge in [0, 0.05) is 11.4 Å². The lowest BCUT2D eigenvalue weighted by atomic mass is 10.0. The van der Waals surface area contributed by atoms with E-state index >= 15 is 0 Å². The Morgan fingerprint density at radius 2 is 1.80 bits per heavy atom. The van der Waals surface area contributed by atoms with Gasteiger partial charge in [0.15, 0.2) is 0 Å². The highest BCUT2D eigenvalue weighted by Crippen LogP contribution is 2.38. The first-order valence-corrected chi connectivity index (χ1v) is 14.1. The van der Waals surface area contributed by atoms with Gasteiger partial charge >= 0.3 is 0 Å². The van der Waals surface area contributed by atoms with Crippen molar-refractivity contribution in [2.45, 2.75) is 38.7 Å². The van der Waals surface area contributed by atoms with E-state index in [0.717, 1.165) is 41.3 Å². The molecule has 5 rings (SSSR count). The van der Waals surface area contributed by atoms with Gasteiger partial charge in [-0.1, -0.05) is 36.2 Å². The van der Waals surface area contributed by atoms with E-state index in [2.05, 4.69) is 16.0 Å². The third kappa shape index (κ3) is 7.28. The van der Waals surface area contributed by atoms with Crippen molar-refractivity contribution in [1.82, 2.24) is 9.97 Å². The first-order valence-electron chi connectivity index (χ1n) is 12.6. The highest BCUT2D eigenvalue weighted by atomic mass is 32.2. The number of fused-ring (bicyclic) bond motifs is 1. The maximum Gasteiger partial charge on any atom is 0.256 e. The summed E-state index contributed by atoms with van der Waals surface area (Å²) in [6, 6.07) is 18.8. The molecular weight excluding hydrogens is 536 g/mol. The van der Waals surface area contributed by atoms with E-state index < -0.39 is 24.1 Å². The second-order valence-electron chi connectivity index (χ2n) is 9.21. The fourth-order valence-electron chi connectivity index (χ4n) is 4.20. The molecule has 1 fully saturated rings. The zero-order valence-electron chi connectivity index (χ0n) is 22.0. The summed E-state index contributed by atoms with van der Waals surface area (Å²) in [5.74, 6) is 0.927. The molecule has 0 saturated heterocycles. The summed E-state index contributed by atoms with van der Waals surface area (Å²) >= 11 is -1.86. The number of nitrogens with zero attached hydrogens (tertiary/aromatic N) is 4. The molecule has 1 aliphatic rings. The van der Waals surface area contributed by atoms with Crippen molar-refractivity contribution >= 4 is 39.3 Å². The molecule has 1 atom stereocenters. The third-order valence-electron chi connectivity index (χ3n) is 6.17. The molecule has 0 aliphatic heterocycles. The third-order valence-corrected chi connectivity index (χ3v) is 6.17. The Morgan fingerprint density at radius 3 is 2.40 bits per heavy atom. The van der Waals surface area contributed by atoms with Crippen molar-refractivity contribution in [3.63, 3.8) is 0 Å². The first-order chi connectivity index (χ1) is 19.2. The maximum atomic E-state index is 13.6. The van der Waals surface area contributed by atoms with Crippen LogP contribution in [0.5, 0.6) is 5.75 Å². The summed E-state index contributed by atoms with van der Waals surface area (Å²) in [4.78, 5) is 10.1. The molecule has 1 unspecified atom stereocenters. The van der Waals surface area contributed by atoms with Crippen molar-refractivity contribution in [2.75, 3.05) is 23.4 Å². The number of nitrogen functional groups attached to an aromatic ring is 1. The van der Waals surface area contributed by atoms with E-state index in [1.807, 2.05) is 55.5 Å². The molecule has 1 heterocycles. The Balaban J connectivity index is 0.000000867. The molecule has 1 saturated carbocycles. The van der Waals surface area contributed by atoms with Crippen molar-refractivity contribution in [1.29, 1.82) is 5.26 Å².